The molecule has 0 aliphatic carbocycles. The average Bonchev–Trinajstić information content (AvgIpc) is 2.90. The molecule has 0 fully saturated rings. The van der Waals surface area contributed by atoms with Gasteiger partial charge in [0.05, 0.1) is 19.3 Å². The largest absolute Gasteiger partial charge is 0.461 e. The third kappa shape index (κ3) is 2.38. The van der Waals surface area contributed by atoms with Crippen molar-refractivity contribution in [2.75, 3.05) is 6.61 Å². The number of aryl methyl sites for hydroxylation is 1. The summed E-state index contributed by atoms with van der Waals surface area (Å²) in [6, 6.07) is 3.65. The summed E-state index contributed by atoms with van der Waals surface area (Å²) in [4.78, 5) is 11.8. The van der Waals surface area contributed by atoms with Crippen molar-refractivity contribution in [2.24, 2.45) is 0 Å². The van der Waals surface area contributed by atoms with Crippen LogP contribution in [0.2, 0.25) is 0 Å². The first kappa shape index (κ1) is 11.4. The van der Waals surface area contributed by atoms with E-state index in [1.165, 1.54) is 0 Å². The summed E-state index contributed by atoms with van der Waals surface area (Å²) in [6.45, 7) is 4.51. The average molecular weight is 234 g/mol. The fraction of sp³-hybridized carbons (Fsp3) is 0.333. The van der Waals surface area contributed by atoms with Gasteiger partial charge in [-0.3, -0.25) is 0 Å². The Balaban J connectivity index is 2.26. The first-order chi connectivity index (χ1) is 8.22. The van der Waals surface area contributed by atoms with E-state index in [0.29, 0.717) is 24.6 Å². The van der Waals surface area contributed by atoms with E-state index in [2.05, 4.69) is 5.16 Å². The van der Waals surface area contributed by atoms with E-state index in [4.69, 9.17) is 9.26 Å². The van der Waals surface area contributed by atoms with E-state index in [1.807, 2.05) is 19.2 Å². The zero-order chi connectivity index (χ0) is 12.3. The highest BCUT2D eigenvalue weighted by Gasteiger charge is 2.16. The molecule has 5 nitrogen and oxygen atoms in total. The van der Waals surface area contributed by atoms with E-state index < -0.39 is 0 Å². The van der Waals surface area contributed by atoms with Crippen molar-refractivity contribution in [1.82, 2.24) is 9.72 Å². The summed E-state index contributed by atoms with van der Waals surface area (Å²) in [5, 5.41) is 3.63. The van der Waals surface area contributed by atoms with Gasteiger partial charge in [-0.05, 0) is 25.5 Å². The van der Waals surface area contributed by atoms with Gasteiger partial charge in [0.25, 0.3) is 0 Å². The number of aromatic nitrogens is 2. The van der Waals surface area contributed by atoms with Crippen LogP contribution < -0.4 is 0 Å². The van der Waals surface area contributed by atoms with Gasteiger partial charge in [-0.15, -0.1) is 0 Å². The summed E-state index contributed by atoms with van der Waals surface area (Å²) in [5.74, 6) is 0.390. The summed E-state index contributed by atoms with van der Waals surface area (Å²) in [5.41, 5.74) is 1.45. The zero-order valence-electron chi connectivity index (χ0n) is 9.84. The Bertz CT molecular complexity index is 500. The molecule has 2 rings (SSSR count). The maximum Gasteiger partial charge on any atom is 0.355 e. The zero-order valence-corrected chi connectivity index (χ0v) is 9.84. The van der Waals surface area contributed by atoms with Gasteiger partial charge in [0.15, 0.2) is 5.76 Å². The third-order valence-corrected chi connectivity index (χ3v) is 2.45. The molecule has 2 aromatic heterocycles. The van der Waals surface area contributed by atoms with Gasteiger partial charge < -0.3 is 13.8 Å². The van der Waals surface area contributed by atoms with Crippen molar-refractivity contribution in [2.45, 2.75) is 20.4 Å². The highest BCUT2D eigenvalue weighted by atomic mass is 16.5. The molecule has 0 aromatic carbocycles. The van der Waals surface area contributed by atoms with E-state index in [0.717, 1.165) is 5.56 Å². The van der Waals surface area contributed by atoms with Crippen molar-refractivity contribution in [3.8, 4) is 0 Å². The molecule has 0 aliphatic heterocycles. The molecule has 0 saturated carbocycles. The van der Waals surface area contributed by atoms with Crippen molar-refractivity contribution in [1.29, 1.82) is 0 Å². The first-order valence-electron chi connectivity index (χ1n) is 5.44. The number of esters is 1. The summed E-state index contributed by atoms with van der Waals surface area (Å²) < 4.78 is 11.8. The molecular weight excluding hydrogens is 220 g/mol. The van der Waals surface area contributed by atoms with E-state index in [9.17, 15) is 4.79 Å². The molecule has 5 heteroatoms. The molecular formula is C12H14N2O3. The Morgan fingerprint density at radius 3 is 3.00 bits per heavy atom. The topological polar surface area (TPSA) is 57.3 Å². The first-order valence-corrected chi connectivity index (χ1v) is 5.44. The second-order valence-electron chi connectivity index (χ2n) is 3.67. The normalized spacial score (nSPS) is 10.5. The van der Waals surface area contributed by atoms with Crippen LogP contribution in [0.25, 0.3) is 0 Å². The minimum Gasteiger partial charge on any atom is -0.461 e. The molecule has 2 heterocycles. The van der Waals surface area contributed by atoms with Crippen LogP contribution in [0.1, 0.15) is 28.7 Å². The molecule has 0 aliphatic rings. The van der Waals surface area contributed by atoms with Gasteiger partial charge in [-0.25, -0.2) is 4.79 Å². The number of carbonyl (C=O) groups excluding carboxylic acids is 1. The van der Waals surface area contributed by atoms with Crippen LogP contribution in [-0.4, -0.2) is 22.3 Å². The van der Waals surface area contributed by atoms with E-state index in [1.54, 1.807) is 23.8 Å². The number of hydrogen-bond donors (Lipinski definition) is 0. The fourth-order valence-corrected chi connectivity index (χ4v) is 1.68. The van der Waals surface area contributed by atoms with Crippen molar-refractivity contribution in [3.05, 3.63) is 41.5 Å². The van der Waals surface area contributed by atoms with Gasteiger partial charge in [0, 0.05) is 12.3 Å². The lowest BCUT2D eigenvalue weighted by Gasteiger charge is -2.07. The number of nitrogens with zero attached hydrogens (tertiary/aromatic N) is 2. The number of carbonyl (C=O) groups is 1. The number of rotatable bonds is 4. The highest BCUT2D eigenvalue weighted by Crippen LogP contribution is 2.14. The second-order valence-corrected chi connectivity index (χ2v) is 3.67. The summed E-state index contributed by atoms with van der Waals surface area (Å²) >= 11 is 0. The van der Waals surface area contributed by atoms with Crippen LogP contribution in [-0.2, 0) is 11.3 Å². The lowest BCUT2D eigenvalue weighted by atomic mass is 10.2. The Labute approximate surface area is 99.0 Å². The monoisotopic (exact) mass is 234 g/mol. The minimum atomic E-state index is -0.311. The SMILES string of the molecule is CCOC(=O)c1c(C)ccn1Cc1ccno1. The van der Waals surface area contributed by atoms with Crippen LogP contribution in [0.5, 0.6) is 0 Å². The third-order valence-electron chi connectivity index (χ3n) is 2.45. The van der Waals surface area contributed by atoms with E-state index >= 15 is 0 Å². The quantitative estimate of drug-likeness (QED) is 0.759. The highest BCUT2D eigenvalue weighted by molar-refractivity contribution is 5.89. The molecule has 0 atom stereocenters. The predicted octanol–water partition coefficient (Wildman–Crippen LogP) is 2.01. The van der Waals surface area contributed by atoms with Gasteiger partial charge >= 0.3 is 5.97 Å². The molecule has 0 bridgehead atoms. The Kier molecular flexibility index (Phi) is 3.27. The number of hydrogen-bond acceptors (Lipinski definition) is 4. The molecule has 0 unspecified atom stereocenters. The van der Waals surface area contributed by atoms with Gasteiger partial charge in [-0.1, -0.05) is 5.16 Å². The lowest BCUT2D eigenvalue weighted by Crippen LogP contribution is -2.13. The molecule has 0 saturated heterocycles. The smallest absolute Gasteiger partial charge is 0.355 e. The fourth-order valence-electron chi connectivity index (χ4n) is 1.68. The summed E-state index contributed by atoms with van der Waals surface area (Å²) in [7, 11) is 0. The van der Waals surface area contributed by atoms with Crippen LogP contribution in [0, 0.1) is 6.92 Å². The van der Waals surface area contributed by atoms with Gasteiger partial charge in [-0.2, -0.15) is 0 Å². The molecule has 90 valence electrons. The van der Waals surface area contributed by atoms with Crippen LogP contribution in [0.4, 0.5) is 0 Å². The Morgan fingerprint density at radius 1 is 1.53 bits per heavy atom. The maximum absolute atomic E-state index is 11.8. The lowest BCUT2D eigenvalue weighted by molar-refractivity contribution is 0.0513. The van der Waals surface area contributed by atoms with Gasteiger partial charge in [0.2, 0.25) is 0 Å². The molecule has 0 radical (unpaired) electrons. The Morgan fingerprint density at radius 2 is 2.35 bits per heavy atom. The molecule has 0 N–H and O–H groups in total. The van der Waals surface area contributed by atoms with E-state index in [-0.39, 0.29) is 5.97 Å². The molecule has 2 aromatic rings. The van der Waals surface area contributed by atoms with Crippen molar-refractivity contribution < 1.29 is 14.1 Å². The molecule has 17 heavy (non-hydrogen) atoms. The predicted molar refractivity (Wildman–Crippen MR) is 60.7 cm³/mol. The van der Waals surface area contributed by atoms with Crippen molar-refractivity contribution >= 4 is 5.97 Å². The van der Waals surface area contributed by atoms with Gasteiger partial charge in [0.1, 0.15) is 5.69 Å². The molecule has 0 amide bonds. The number of ether oxygens (including phenoxy) is 1. The second kappa shape index (κ2) is 4.86. The van der Waals surface area contributed by atoms with Crippen molar-refractivity contribution in [3.63, 3.8) is 0 Å². The minimum absolute atomic E-state index is 0.311. The van der Waals surface area contributed by atoms with Crippen LogP contribution in [0.15, 0.2) is 29.0 Å². The Hall–Kier alpha value is -2.04. The standard InChI is InChI=1S/C12H14N2O3/c1-3-16-12(15)11-9(2)5-7-14(11)8-10-4-6-13-17-10/h4-7H,3,8H2,1-2H3. The molecule has 0 spiro atoms. The summed E-state index contributed by atoms with van der Waals surface area (Å²) in [6.07, 6.45) is 3.42. The van der Waals surface area contributed by atoms with Crippen LogP contribution >= 0.6 is 0 Å². The van der Waals surface area contributed by atoms with Crippen LogP contribution in [0.3, 0.4) is 0 Å². The maximum atomic E-state index is 11.8.